The molecule has 3 aromatic heterocycles. The SMILES string of the molecule is C=Cc1cnn2c(NCCCN(C)Cc3ccsc3)cc(-c3ccccc3Cl)nc12. The fraction of sp³-hybridized carbons (Fsp3) is 0.217. The van der Waals surface area contributed by atoms with Gasteiger partial charge in [0.2, 0.25) is 0 Å². The van der Waals surface area contributed by atoms with E-state index in [0.717, 1.165) is 54.3 Å². The van der Waals surface area contributed by atoms with Gasteiger partial charge in [-0.15, -0.1) is 0 Å². The number of hydrogen-bond donors (Lipinski definition) is 1. The molecule has 0 bridgehead atoms. The van der Waals surface area contributed by atoms with Gasteiger partial charge in [-0.3, -0.25) is 0 Å². The topological polar surface area (TPSA) is 45.5 Å². The lowest BCUT2D eigenvalue weighted by Gasteiger charge is -2.16. The van der Waals surface area contributed by atoms with E-state index in [2.05, 4.69) is 45.8 Å². The zero-order valence-corrected chi connectivity index (χ0v) is 18.5. The Morgan fingerprint density at radius 3 is 2.93 bits per heavy atom. The number of anilines is 1. The van der Waals surface area contributed by atoms with Crippen molar-refractivity contribution in [1.29, 1.82) is 0 Å². The first-order chi connectivity index (χ1) is 14.7. The van der Waals surface area contributed by atoms with Crippen molar-refractivity contribution < 1.29 is 0 Å². The van der Waals surface area contributed by atoms with Gasteiger partial charge in [0.25, 0.3) is 0 Å². The second kappa shape index (κ2) is 9.43. The van der Waals surface area contributed by atoms with Crippen LogP contribution in [0.2, 0.25) is 5.02 Å². The maximum atomic E-state index is 6.42. The quantitative estimate of drug-likeness (QED) is 0.342. The first-order valence-corrected chi connectivity index (χ1v) is 11.2. The lowest BCUT2D eigenvalue weighted by atomic mass is 10.1. The Kier molecular flexibility index (Phi) is 6.47. The Morgan fingerprint density at radius 1 is 1.30 bits per heavy atom. The van der Waals surface area contributed by atoms with Crippen LogP contribution >= 0.6 is 22.9 Å². The Bertz CT molecular complexity index is 1140. The number of nitrogens with one attached hydrogen (secondary N) is 1. The Balaban J connectivity index is 1.50. The lowest BCUT2D eigenvalue weighted by molar-refractivity contribution is 0.326. The van der Waals surface area contributed by atoms with Gasteiger partial charge in [0, 0.05) is 35.3 Å². The number of fused-ring (bicyclic) bond motifs is 1. The highest BCUT2D eigenvalue weighted by molar-refractivity contribution is 7.07. The number of aromatic nitrogens is 3. The van der Waals surface area contributed by atoms with E-state index in [1.165, 1.54) is 5.56 Å². The molecule has 0 radical (unpaired) electrons. The molecule has 4 aromatic rings. The smallest absolute Gasteiger partial charge is 0.165 e. The van der Waals surface area contributed by atoms with Crippen LogP contribution < -0.4 is 5.32 Å². The number of benzene rings is 1. The summed E-state index contributed by atoms with van der Waals surface area (Å²) in [5.41, 5.74) is 4.73. The van der Waals surface area contributed by atoms with Gasteiger partial charge in [0.1, 0.15) is 5.82 Å². The van der Waals surface area contributed by atoms with Crippen LogP contribution in [-0.4, -0.2) is 39.6 Å². The van der Waals surface area contributed by atoms with Crippen molar-refractivity contribution in [2.75, 3.05) is 25.5 Å². The third-order valence-electron chi connectivity index (χ3n) is 4.92. The van der Waals surface area contributed by atoms with Crippen LogP contribution in [0.15, 0.2) is 59.9 Å². The van der Waals surface area contributed by atoms with Crippen LogP contribution in [0.1, 0.15) is 17.5 Å². The number of nitrogens with zero attached hydrogens (tertiary/aromatic N) is 4. The number of hydrogen-bond acceptors (Lipinski definition) is 5. The molecule has 0 fully saturated rings. The third-order valence-corrected chi connectivity index (χ3v) is 5.99. The molecule has 1 aromatic carbocycles. The van der Waals surface area contributed by atoms with Gasteiger partial charge >= 0.3 is 0 Å². The molecule has 0 atom stereocenters. The summed E-state index contributed by atoms with van der Waals surface area (Å²) in [6, 6.07) is 11.9. The molecule has 4 rings (SSSR count). The summed E-state index contributed by atoms with van der Waals surface area (Å²) in [6.45, 7) is 6.69. The molecule has 0 spiro atoms. The van der Waals surface area contributed by atoms with Crippen molar-refractivity contribution in [2.45, 2.75) is 13.0 Å². The summed E-state index contributed by atoms with van der Waals surface area (Å²) < 4.78 is 1.83. The van der Waals surface area contributed by atoms with E-state index < -0.39 is 0 Å². The molecular weight excluding hydrogens is 414 g/mol. The van der Waals surface area contributed by atoms with Crippen molar-refractivity contribution in [1.82, 2.24) is 19.5 Å². The van der Waals surface area contributed by atoms with Gasteiger partial charge in [-0.2, -0.15) is 21.0 Å². The number of rotatable bonds is 9. The predicted octanol–water partition coefficient (Wildman–Crippen LogP) is 5.69. The fourth-order valence-electron chi connectivity index (χ4n) is 3.40. The second-order valence-electron chi connectivity index (χ2n) is 7.20. The molecule has 30 heavy (non-hydrogen) atoms. The van der Waals surface area contributed by atoms with E-state index >= 15 is 0 Å². The van der Waals surface area contributed by atoms with E-state index in [-0.39, 0.29) is 0 Å². The highest BCUT2D eigenvalue weighted by atomic mass is 35.5. The molecule has 7 heteroatoms. The van der Waals surface area contributed by atoms with Crippen molar-refractivity contribution in [3.05, 3.63) is 76.1 Å². The molecule has 3 heterocycles. The summed E-state index contributed by atoms with van der Waals surface area (Å²) in [5, 5.41) is 13.0. The molecule has 0 saturated heterocycles. The molecule has 0 unspecified atom stereocenters. The Labute approximate surface area is 185 Å². The fourth-order valence-corrected chi connectivity index (χ4v) is 4.29. The summed E-state index contributed by atoms with van der Waals surface area (Å²) in [5.74, 6) is 0.892. The van der Waals surface area contributed by atoms with E-state index in [1.54, 1.807) is 23.6 Å². The number of thiophene rings is 1. The molecule has 5 nitrogen and oxygen atoms in total. The van der Waals surface area contributed by atoms with E-state index in [4.69, 9.17) is 16.6 Å². The van der Waals surface area contributed by atoms with Crippen LogP contribution in [0.3, 0.4) is 0 Å². The normalized spacial score (nSPS) is 11.3. The highest BCUT2D eigenvalue weighted by Gasteiger charge is 2.13. The first-order valence-electron chi connectivity index (χ1n) is 9.85. The summed E-state index contributed by atoms with van der Waals surface area (Å²) >= 11 is 8.16. The van der Waals surface area contributed by atoms with Crippen molar-refractivity contribution >= 4 is 40.5 Å². The molecule has 154 valence electrons. The summed E-state index contributed by atoms with van der Waals surface area (Å²) in [7, 11) is 2.15. The zero-order chi connectivity index (χ0) is 20.9. The lowest BCUT2D eigenvalue weighted by Crippen LogP contribution is -2.21. The van der Waals surface area contributed by atoms with Gasteiger partial charge in [-0.1, -0.05) is 42.5 Å². The minimum atomic E-state index is 0.676. The maximum Gasteiger partial charge on any atom is 0.165 e. The van der Waals surface area contributed by atoms with E-state index in [9.17, 15) is 0 Å². The first kappa shape index (κ1) is 20.6. The van der Waals surface area contributed by atoms with Crippen LogP contribution in [0, 0.1) is 0 Å². The van der Waals surface area contributed by atoms with Crippen molar-refractivity contribution in [2.24, 2.45) is 0 Å². The predicted molar refractivity (Wildman–Crippen MR) is 127 cm³/mol. The van der Waals surface area contributed by atoms with E-state index in [1.807, 2.05) is 34.8 Å². The molecule has 0 aliphatic heterocycles. The van der Waals surface area contributed by atoms with Crippen LogP contribution in [0.25, 0.3) is 23.0 Å². The van der Waals surface area contributed by atoms with Crippen molar-refractivity contribution in [3.63, 3.8) is 0 Å². The van der Waals surface area contributed by atoms with Gasteiger partial charge in [-0.05, 0) is 48.5 Å². The standard InChI is InChI=1S/C23H24ClN5S/c1-3-18-14-26-29-22(25-10-6-11-28(2)15-17-9-12-30-16-17)13-21(27-23(18)29)19-7-4-5-8-20(19)24/h3-5,7-9,12-14,16,25H,1,6,10-11,15H2,2H3. The molecule has 0 aliphatic carbocycles. The second-order valence-corrected chi connectivity index (χ2v) is 8.38. The Morgan fingerprint density at radius 2 is 2.17 bits per heavy atom. The molecule has 1 N–H and O–H groups in total. The summed E-state index contributed by atoms with van der Waals surface area (Å²) in [4.78, 5) is 7.13. The molecule has 0 saturated carbocycles. The van der Waals surface area contributed by atoms with Crippen LogP contribution in [0.5, 0.6) is 0 Å². The summed E-state index contributed by atoms with van der Waals surface area (Å²) in [6.07, 6.45) is 4.57. The minimum Gasteiger partial charge on any atom is -0.370 e. The highest BCUT2D eigenvalue weighted by Crippen LogP contribution is 2.29. The number of halogens is 1. The van der Waals surface area contributed by atoms with Gasteiger partial charge in [0.15, 0.2) is 5.65 Å². The Hall–Kier alpha value is -2.67. The molecule has 0 aliphatic rings. The monoisotopic (exact) mass is 437 g/mol. The zero-order valence-electron chi connectivity index (χ0n) is 16.9. The van der Waals surface area contributed by atoms with Crippen molar-refractivity contribution in [3.8, 4) is 11.3 Å². The van der Waals surface area contributed by atoms with Gasteiger partial charge in [0.05, 0.1) is 11.9 Å². The van der Waals surface area contributed by atoms with Gasteiger partial charge < -0.3 is 10.2 Å². The maximum absolute atomic E-state index is 6.42. The molecular formula is C23H24ClN5S. The van der Waals surface area contributed by atoms with Crippen LogP contribution in [0.4, 0.5) is 5.82 Å². The third kappa shape index (κ3) is 4.56. The average Bonchev–Trinajstić information content (AvgIpc) is 3.40. The average molecular weight is 438 g/mol. The minimum absolute atomic E-state index is 0.676. The van der Waals surface area contributed by atoms with Crippen LogP contribution in [-0.2, 0) is 6.54 Å². The van der Waals surface area contributed by atoms with E-state index in [0.29, 0.717) is 5.02 Å². The van der Waals surface area contributed by atoms with Gasteiger partial charge in [-0.25, -0.2) is 4.98 Å². The largest absolute Gasteiger partial charge is 0.370 e. The molecule has 0 amide bonds.